The van der Waals surface area contributed by atoms with E-state index in [1.54, 1.807) is 0 Å². The lowest BCUT2D eigenvalue weighted by molar-refractivity contribution is 0.422. The zero-order chi connectivity index (χ0) is 10.5. The first kappa shape index (κ1) is 10.7. The van der Waals surface area contributed by atoms with Gasteiger partial charge in [0.2, 0.25) is 0 Å². The SMILES string of the molecule is CNCCn1cncc1C1CCCCC1. The zero-order valence-corrected chi connectivity index (χ0v) is 9.58. The average Bonchev–Trinajstić information content (AvgIpc) is 2.75. The topological polar surface area (TPSA) is 29.9 Å². The fraction of sp³-hybridized carbons (Fsp3) is 0.750. The molecule has 0 amide bonds. The van der Waals surface area contributed by atoms with E-state index in [4.69, 9.17) is 0 Å². The van der Waals surface area contributed by atoms with Crippen molar-refractivity contribution in [3.8, 4) is 0 Å². The number of likely N-dealkylation sites (N-methyl/N-ethyl adjacent to an activating group) is 1. The van der Waals surface area contributed by atoms with Crippen LogP contribution in [0, 0.1) is 0 Å². The zero-order valence-electron chi connectivity index (χ0n) is 9.58. The maximum atomic E-state index is 4.29. The minimum atomic E-state index is 0.762. The summed E-state index contributed by atoms with van der Waals surface area (Å²) < 4.78 is 2.31. The molecule has 1 fully saturated rings. The lowest BCUT2D eigenvalue weighted by Gasteiger charge is -2.22. The van der Waals surface area contributed by atoms with Gasteiger partial charge in [-0.2, -0.15) is 0 Å². The van der Waals surface area contributed by atoms with E-state index >= 15 is 0 Å². The molecule has 3 nitrogen and oxygen atoms in total. The molecular weight excluding hydrogens is 186 g/mol. The second kappa shape index (κ2) is 5.31. The highest BCUT2D eigenvalue weighted by molar-refractivity contribution is 5.07. The fourth-order valence-electron chi connectivity index (χ4n) is 2.49. The molecule has 0 aliphatic heterocycles. The molecule has 1 saturated carbocycles. The van der Waals surface area contributed by atoms with Gasteiger partial charge in [-0.05, 0) is 19.9 Å². The molecule has 0 saturated heterocycles. The van der Waals surface area contributed by atoms with Crippen LogP contribution in [0.5, 0.6) is 0 Å². The van der Waals surface area contributed by atoms with Crippen molar-refractivity contribution in [2.45, 2.75) is 44.6 Å². The fourth-order valence-corrected chi connectivity index (χ4v) is 2.49. The van der Waals surface area contributed by atoms with E-state index in [0.29, 0.717) is 0 Å². The van der Waals surface area contributed by atoms with Crippen molar-refractivity contribution in [3.63, 3.8) is 0 Å². The Morgan fingerprint density at radius 3 is 2.93 bits per heavy atom. The number of rotatable bonds is 4. The largest absolute Gasteiger partial charge is 0.333 e. The van der Waals surface area contributed by atoms with Crippen LogP contribution >= 0.6 is 0 Å². The first-order chi connectivity index (χ1) is 7.42. The van der Waals surface area contributed by atoms with E-state index in [1.807, 2.05) is 13.4 Å². The third kappa shape index (κ3) is 2.59. The Morgan fingerprint density at radius 2 is 2.20 bits per heavy atom. The molecule has 1 heterocycles. The lowest BCUT2D eigenvalue weighted by atomic mass is 9.87. The first-order valence-corrected chi connectivity index (χ1v) is 6.06. The molecule has 1 aliphatic carbocycles. The highest BCUT2D eigenvalue weighted by Crippen LogP contribution is 2.32. The van der Waals surface area contributed by atoms with E-state index in [-0.39, 0.29) is 0 Å². The molecule has 1 aliphatic rings. The molecule has 1 N–H and O–H groups in total. The van der Waals surface area contributed by atoms with Gasteiger partial charge in [0.05, 0.1) is 6.33 Å². The normalized spacial score (nSPS) is 18.2. The number of nitrogens with zero attached hydrogens (tertiary/aromatic N) is 2. The van der Waals surface area contributed by atoms with Crippen LogP contribution in [0.3, 0.4) is 0 Å². The number of hydrogen-bond donors (Lipinski definition) is 1. The monoisotopic (exact) mass is 207 g/mol. The molecule has 0 unspecified atom stereocenters. The Balaban J connectivity index is 2.02. The summed E-state index contributed by atoms with van der Waals surface area (Å²) in [5, 5.41) is 3.19. The lowest BCUT2D eigenvalue weighted by Crippen LogP contribution is -2.18. The van der Waals surface area contributed by atoms with Crippen molar-refractivity contribution in [3.05, 3.63) is 18.2 Å². The van der Waals surface area contributed by atoms with Crippen LogP contribution in [-0.2, 0) is 6.54 Å². The van der Waals surface area contributed by atoms with Gasteiger partial charge in [-0.15, -0.1) is 0 Å². The molecule has 0 aromatic carbocycles. The van der Waals surface area contributed by atoms with Crippen molar-refractivity contribution < 1.29 is 0 Å². The minimum absolute atomic E-state index is 0.762. The maximum absolute atomic E-state index is 4.29. The summed E-state index contributed by atoms with van der Waals surface area (Å²) in [6.07, 6.45) is 10.9. The van der Waals surface area contributed by atoms with Crippen LogP contribution in [0.1, 0.15) is 43.7 Å². The summed E-state index contributed by atoms with van der Waals surface area (Å²) in [4.78, 5) is 4.29. The van der Waals surface area contributed by atoms with Crippen LogP contribution in [0.2, 0.25) is 0 Å². The predicted octanol–water partition coefficient (Wildman–Crippen LogP) is 2.15. The summed E-state index contributed by atoms with van der Waals surface area (Å²) in [7, 11) is 2.00. The first-order valence-electron chi connectivity index (χ1n) is 6.06. The van der Waals surface area contributed by atoms with E-state index in [1.165, 1.54) is 37.8 Å². The van der Waals surface area contributed by atoms with Gasteiger partial charge in [0, 0.05) is 30.9 Å². The number of aromatic nitrogens is 2. The summed E-state index contributed by atoms with van der Waals surface area (Å²) in [5.74, 6) is 0.762. The Hall–Kier alpha value is -0.830. The maximum Gasteiger partial charge on any atom is 0.0948 e. The van der Waals surface area contributed by atoms with Gasteiger partial charge in [0.25, 0.3) is 0 Å². The van der Waals surface area contributed by atoms with Crippen molar-refractivity contribution >= 4 is 0 Å². The van der Waals surface area contributed by atoms with Gasteiger partial charge in [-0.3, -0.25) is 0 Å². The summed E-state index contributed by atoms with van der Waals surface area (Å²) in [6.45, 7) is 2.07. The molecule has 84 valence electrons. The van der Waals surface area contributed by atoms with Gasteiger partial charge < -0.3 is 9.88 Å². The van der Waals surface area contributed by atoms with Crippen LogP contribution in [0.25, 0.3) is 0 Å². The highest BCUT2D eigenvalue weighted by Gasteiger charge is 2.18. The quantitative estimate of drug-likeness (QED) is 0.820. The third-order valence-corrected chi connectivity index (χ3v) is 3.37. The smallest absolute Gasteiger partial charge is 0.0948 e. The highest BCUT2D eigenvalue weighted by atomic mass is 15.1. The van der Waals surface area contributed by atoms with Gasteiger partial charge in [0.1, 0.15) is 0 Å². The predicted molar refractivity (Wildman–Crippen MR) is 62.0 cm³/mol. The van der Waals surface area contributed by atoms with E-state index < -0.39 is 0 Å². The molecule has 0 spiro atoms. The Labute approximate surface area is 91.9 Å². The Bertz CT molecular complexity index is 287. The van der Waals surface area contributed by atoms with Gasteiger partial charge in [0.15, 0.2) is 0 Å². The van der Waals surface area contributed by atoms with Crippen molar-refractivity contribution in [2.24, 2.45) is 0 Å². The summed E-state index contributed by atoms with van der Waals surface area (Å²) >= 11 is 0. The molecule has 1 aromatic rings. The summed E-state index contributed by atoms with van der Waals surface area (Å²) in [6, 6.07) is 0. The van der Waals surface area contributed by atoms with E-state index in [0.717, 1.165) is 19.0 Å². The van der Waals surface area contributed by atoms with Gasteiger partial charge in [-0.25, -0.2) is 4.98 Å². The van der Waals surface area contributed by atoms with Gasteiger partial charge >= 0.3 is 0 Å². The van der Waals surface area contributed by atoms with E-state index in [9.17, 15) is 0 Å². The van der Waals surface area contributed by atoms with Crippen LogP contribution in [0.15, 0.2) is 12.5 Å². The molecule has 0 atom stereocenters. The molecule has 3 heteroatoms. The second-order valence-electron chi connectivity index (χ2n) is 4.45. The average molecular weight is 207 g/mol. The van der Waals surface area contributed by atoms with Gasteiger partial charge in [-0.1, -0.05) is 19.3 Å². The van der Waals surface area contributed by atoms with Crippen LogP contribution in [0.4, 0.5) is 0 Å². The standard InChI is InChI=1S/C12H21N3/c1-13-7-8-15-10-14-9-12(15)11-5-3-2-4-6-11/h9-11,13H,2-8H2,1H3. The molecule has 1 aromatic heterocycles. The number of imidazole rings is 1. The van der Waals surface area contributed by atoms with Crippen molar-refractivity contribution in [2.75, 3.05) is 13.6 Å². The third-order valence-electron chi connectivity index (χ3n) is 3.37. The summed E-state index contributed by atoms with van der Waals surface area (Å²) in [5.41, 5.74) is 1.45. The minimum Gasteiger partial charge on any atom is -0.333 e. The van der Waals surface area contributed by atoms with Crippen molar-refractivity contribution in [1.82, 2.24) is 14.9 Å². The Morgan fingerprint density at radius 1 is 1.40 bits per heavy atom. The Kier molecular flexibility index (Phi) is 3.78. The second-order valence-corrected chi connectivity index (χ2v) is 4.45. The number of hydrogen-bond acceptors (Lipinski definition) is 2. The van der Waals surface area contributed by atoms with Crippen molar-refractivity contribution in [1.29, 1.82) is 0 Å². The molecule has 15 heavy (non-hydrogen) atoms. The molecule has 2 rings (SSSR count). The van der Waals surface area contributed by atoms with Crippen LogP contribution in [-0.4, -0.2) is 23.1 Å². The van der Waals surface area contributed by atoms with E-state index in [2.05, 4.69) is 21.1 Å². The van der Waals surface area contributed by atoms with Crippen LogP contribution < -0.4 is 5.32 Å². The molecular formula is C12H21N3. The molecule has 0 radical (unpaired) electrons. The molecule has 0 bridgehead atoms. The number of nitrogens with one attached hydrogen (secondary N) is 1.